The number of carbonyl (C=O) groups excluding carboxylic acids is 1. The second-order valence-corrected chi connectivity index (χ2v) is 7.10. The smallest absolute Gasteiger partial charge is 0.254 e. The zero-order chi connectivity index (χ0) is 14.0. The average Bonchev–Trinajstić information content (AvgIpc) is 2.49. The van der Waals surface area contributed by atoms with Crippen LogP contribution >= 0.6 is 22.6 Å². The molecule has 0 aliphatic carbocycles. The van der Waals surface area contributed by atoms with Gasteiger partial charge in [-0.05, 0) is 65.5 Å². The highest BCUT2D eigenvalue weighted by Gasteiger charge is 2.26. The van der Waals surface area contributed by atoms with Gasteiger partial charge in [0.2, 0.25) is 0 Å². The van der Waals surface area contributed by atoms with E-state index < -0.39 is 0 Å². The Balaban J connectivity index is 2.15. The third kappa shape index (κ3) is 3.68. The molecule has 2 nitrogen and oxygen atoms in total. The van der Waals surface area contributed by atoms with Crippen LogP contribution in [0, 0.1) is 14.8 Å². The summed E-state index contributed by atoms with van der Waals surface area (Å²) >= 11 is 2.03. The topological polar surface area (TPSA) is 20.3 Å². The molecule has 0 N–H and O–H groups in total. The molecule has 1 aromatic carbocycles. The van der Waals surface area contributed by atoms with Crippen LogP contribution in [-0.2, 0) is 0 Å². The summed E-state index contributed by atoms with van der Waals surface area (Å²) in [5.41, 5.74) is 0.923. The summed E-state index contributed by atoms with van der Waals surface area (Å²) in [5, 5.41) is 0. The van der Waals surface area contributed by atoms with Crippen molar-refractivity contribution in [3.8, 4) is 0 Å². The summed E-state index contributed by atoms with van der Waals surface area (Å²) in [4.78, 5) is 14.4. The van der Waals surface area contributed by atoms with E-state index in [1.807, 2.05) is 27.5 Å². The van der Waals surface area contributed by atoms with E-state index in [1.165, 1.54) is 12.1 Å². The van der Waals surface area contributed by atoms with Gasteiger partial charge in [-0.3, -0.25) is 4.79 Å². The maximum atomic E-state index is 13.1. The second-order valence-electron chi connectivity index (χ2n) is 5.93. The summed E-state index contributed by atoms with van der Waals surface area (Å²) in [6, 6.07) is 4.36. The molecule has 104 valence electrons. The van der Waals surface area contributed by atoms with Crippen LogP contribution in [0.5, 0.6) is 0 Å². The molecule has 0 unspecified atom stereocenters. The minimum atomic E-state index is -0.294. The van der Waals surface area contributed by atoms with Crippen LogP contribution in [0.25, 0.3) is 0 Å². The largest absolute Gasteiger partial charge is 0.339 e. The van der Waals surface area contributed by atoms with Crippen molar-refractivity contribution in [3.63, 3.8) is 0 Å². The molecule has 1 fully saturated rings. The molecule has 0 radical (unpaired) electrons. The Morgan fingerprint density at radius 2 is 2.05 bits per heavy atom. The molecule has 1 aliphatic heterocycles. The van der Waals surface area contributed by atoms with Gasteiger partial charge in [0.25, 0.3) is 5.91 Å². The maximum absolute atomic E-state index is 13.1. The van der Waals surface area contributed by atoms with Gasteiger partial charge in [0.1, 0.15) is 5.82 Å². The van der Waals surface area contributed by atoms with Gasteiger partial charge in [0.05, 0.1) is 5.56 Å². The third-order valence-electron chi connectivity index (χ3n) is 3.79. The van der Waals surface area contributed by atoms with Crippen molar-refractivity contribution in [1.29, 1.82) is 0 Å². The number of amides is 1. The van der Waals surface area contributed by atoms with Crippen molar-refractivity contribution in [2.24, 2.45) is 5.41 Å². The van der Waals surface area contributed by atoms with Crippen LogP contribution in [0.15, 0.2) is 18.2 Å². The Kier molecular flexibility index (Phi) is 4.48. The maximum Gasteiger partial charge on any atom is 0.254 e. The standard InChI is InChI=1S/C15H19FINO/c1-15(2)6-3-8-18(9-7-15)14(19)12-5-4-11(16)10-13(12)17/h4-5,10H,3,6-9H2,1-2H3. The summed E-state index contributed by atoms with van der Waals surface area (Å²) in [6.07, 6.45) is 3.21. The van der Waals surface area contributed by atoms with Gasteiger partial charge in [-0.15, -0.1) is 0 Å². The first-order valence-corrected chi connectivity index (χ1v) is 7.71. The molecule has 1 aliphatic rings. The van der Waals surface area contributed by atoms with Crippen LogP contribution in [0.4, 0.5) is 4.39 Å². The van der Waals surface area contributed by atoms with Crippen molar-refractivity contribution >= 4 is 28.5 Å². The molecule has 0 spiro atoms. The van der Waals surface area contributed by atoms with Crippen molar-refractivity contribution in [2.75, 3.05) is 13.1 Å². The molecular formula is C15H19FINO. The summed E-state index contributed by atoms with van der Waals surface area (Å²) in [6.45, 7) is 6.10. The van der Waals surface area contributed by atoms with Gasteiger partial charge in [-0.1, -0.05) is 13.8 Å². The molecule has 1 amide bonds. The predicted molar refractivity (Wildman–Crippen MR) is 82.7 cm³/mol. The zero-order valence-corrected chi connectivity index (χ0v) is 13.5. The van der Waals surface area contributed by atoms with E-state index in [-0.39, 0.29) is 11.7 Å². The number of hydrogen-bond donors (Lipinski definition) is 0. The molecule has 0 saturated carbocycles. The number of carbonyl (C=O) groups is 1. The Bertz CT molecular complexity index is 487. The Morgan fingerprint density at radius 3 is 2.74 bits per heavy atom. The Labute approximate surface area is 127 Å². The first-order valence-electron chi connectivity index (χ1n) is 6.63. The average molecular weight is 375 g/mol. The van der Waals surface area contributed by atoms with E-state index in [0.29, 0.717) is 14.5 Å². The second kappa shape index (κ2) is 5.77. The summed E-state index contributed by atoms with van der Waals surface area (Å²) < 4.78 is 13.8. The Morgan fingerprint density at radius 1 is 1.32 bits per heavy atom. The molecule has 0 bridgehead atoms. The fourth-order valence-electron chi connectivity index (χ4n) is 2.46. The van der Waals surface area contributed by atoms with Crippen molar-refractivity contribution in [1.82, 2.24) is 4.90 Å². The Hall–Kier alpha value is -0.650. The molecule has 19 heavy (non-hydrogen) atoms. The molecular weight excluding hydrogens is 356 g/mol. The number of hydrogen-bond acceptors (Lipinski definition) is 1. The number of nitrogens with zero attached hydrogens (tertiary/aromatic N) is 1. The third-order valence-corrected chi connectivity index (χ3v) is 4.68. The van der Waals surface area contributed by atoms with E-state index in [0.717, 1.165) is 32.4 Å². The van der Waals surface area contributed by atoms with Crippen LogP contribution in [0.3, 0.4) is 0 Å². The molecule has 0 aromatic heterocycles. The van der Waals surface area contributed by atoms with Gasteiger partial charge in [0, 0.05) is 16.7 Å². The van der Waals surface area contributed by atoms with Crippen molar-refractivity contribution < 1.29 is 9.18 Å². The monoisotopic (exact) mass is 375 g/mol. The highest BCUT2D eigenvalue weighted by molar-refractivity contribution is 14.1. The predicted octanol–water partition coefficient (Wildman–Crippen LogP) is 4.08. The zero-order valence-electron chi connectivity index (χ0n) is 11.4. The van der Waals surface area contributed by atoms with Gasteiger partial charge in [0.15, 0.2) is 0 Å². The van der Waals surface area contributed by atoms with Crippen molar-refractivity contribution in [2.45, 2.75) is 33.1 Å². The normalized spacial score (nSPS) is 19.1. The highest BCUT2D eigenvalue weighted by atomic mass is 127. The van der Waals surface area contributed by atoms with E-state index in [9.17, 15) is 9.18 Å². The lowest BCUT2D eigenvalue weighted by atomic mass is 9.85. The van der Waals surface area contributed by atoms with Crippen LogP contribution < -0.4 is 0 Å². The van der Waals surface area contributed by atoms with Gasteiger partial charge in [-0.25, -0.2) is 4.39 Å². The number of rotatable bonds is 1. The summed E-state index contributed by atoms with van der Waals surface area (Å²) in [7, 11) is 0. The fourth-order valence-corrected chi connectivity index (χ4v) is 3.17. The van der Waals surface area contributed by atoms with Crippen LogP contribution in [0.2, 0.25) is 0 Å². The lowest BCUT2D eigenvalue weighted by molar-refractivity contribution is 0.0756. The number of benzene rings is 1. The van der Waals surface area contributed by atoms with Gasteiger partial charge >= 0.3 is 0 Å². The van der Waals surface area contributed by atoms with Gasteiger partial charge in [-0.2, -0.15) is 0 Å². The minimum absolute atomic E-state index is 0.0297. The minimum Gasteiger partial charge on any atom is -0.339 e. The first-order chi connectivity index (χ1) is 8.89. The SMILES string of the molecule is CC1(C)CCCN(C(=O)c2ccc(F)cc2I)CC1. The molecule has 0 atom stereocenters. The van der Waals surface area contributed by atoms with Crippen LogP contribution in [0.1, 0.15) is 43.5 Å². The lowest BCUT2D eigenvalue weighted by Crippen LogP contribution is -2.32. The van der Waals surface area contributed by atoms with E-state index >= 15 is 0 Å². The highest BCUT2D eigenvalue weighted by Crippen LogP contribution is 2.30. The fraction of sp³-hybridized carbons (Fsp3) is 0.533. The molecule has 1 saturated heterocycles. The lowest BCUT2D eigenvalue weighted by Gasteiger charge is -2.23. The quantitative estimate of drug-likeness (QED) is 0.678. The van der Waals surface area contributed by atoms with E-state index in [2.05, 4.69) is 13.8 Å². The number of halogens is 2. The molecule has 1 aromatic rings. The first kappa shape index (κ1) is 14.8. The van der Waals surface area contributed by atoms with E-state index in [4.69, 9.17) is 0 Å². The molecule has 4 heteroatoms. The molecule has 2 rings (SSSR count). The van der Waals surface area contributed by atoms with Crippen molar-refractivity contribution in [3.05, 3.63) is 33.1 Å². The summed E-state index contributed by atoms with van der Waals surface area (Å²) in [5.74, 6) is -0.264. The van der Waals surface area contributed by atoms with Crippen LogP contribution in [-0.4, -0.2) is 23.9 Å². The number of likely N-dealkylation sites (tertiary alicyclic amines) is 1. The van der Waals surface area contributed by atoms with E-state index in [1.54, 1.807) is 6.07 Å². The van der Waals surface area contributed by atoms with Gasteiger partial charge < -0.3 is 4.90 Å². The molecule has 1 heterocycles.